The Morgan fingerprint density at radius 1 is 1.03 bits per heavy atom. The van der Waals surface area contributed by atoms with Gasteiger partial charge in [0, 0.05) is 25.4 Å². The molecule has 1 atom stereocenters. The topological polar surface area (TPSA) is 67.9 Å². The second-order valence-electron chi connectivity index (χ2n) is 9.44. The van der Waals surface area contributed by atoms with Crippen LogP contribution in [-0.2, 0) is 16.0 Å². The number of nitrogens with zero attached hydrogens (tertiary/aromatic N) is 1. The van der Waals surface area contributed by atoms with Crippen molar-refractivity contribution in [3.05, 3.63) is 47.1 Å². The maximum atomic E-state index is 12.7. The van der Waals surface area contributed by atoms with Gasteiger partial charge in [-0.05, 0) is 81.8 Å². The normalized spacial score (nSPS) is 18.9. The first-order valence-electron chi connectivity index (χ1n) is 12.4. The highest BCUT2D eigenvalue weighted by atomic mass is 16.6. The second kappa shape index (κ2) is 11.5. The van der Waals surface area contributed by atoms with Crippen LogP contribution in [0.4, 0.5) is 0 Å². The summed E-state index contributed by atoms with van der Waals surface area (Å²) in [5.41, 5.74) is 3.34. The van der Waals surface area contributed by atoms with Gasteiger partial charge in [0.15, 0.2) is 17.3 Å². The Morgan fingerprint density at radius 2 is 1.82 bits per heavy atom. The molecular weight excluding hydrogens is 416 g/mol. The average Bonchev–Trinajstić information content (AvgIpc) is 3.32. The summed E-state index contributed by atoms with van der Waals surface area (Å²) < 4.78 is 11.4. The molecular formula is C27H36N2O4. The summed E-state index contributed by atoms with van der Waals surface area (Å²) in [6.45, 7) is 6.26. The molecule has 1 fully saturated rings. The van der Waals surface area contributed by atoms with Crippen molar-refractivity contribution in [2.24, 2.45) is 0 Å². The van der Waals surface area contributed by atoms with Crippen LogP contribution in [0.15, 0.2) is 41.5 Å². The summed E-state index contributed by atoms with van der Waals surface area (Å²) >= 11 is 0. The number of hydrogen-bond acceptors (Lipinski definition) is 5. The average molecular weight is 453 g/mol. The quantitative estimate of drug-likeness (QED) is 0.582. The molecule has 1 N–H and O–H groups in total. The zero-order valence-electron chi connectivity index (χ0n) is 19.7. The molecule has 0 radical (unpaired) electrons. The van der Waals surface area contributed by atoms with Crippen molar-refractivity contribution in [3.63, 3.8) is 0 Å². The predicted octanol–water partition coefficient (Wildman–Crippen LogP) is 3.99. The fourth-order valence-electron chi connectivity index (χ4n) is 4.78. The third-order valence-electron chi connectivity index (χ3n) is 6.65. The van der Waals surface area contributed by atoms with E-state index in [2.05, 4.69) is 23.2 Å². The summed E-state index contributed by atoms with van der Waals surface area (Å²) in [5.74, 6) is 1.77. The van der Waals surface area contributed by atoms with Gasteiger partial charge in [-0.25, -0.2) is 0 Å². The van der Waals surface area contributed by atoms with E-state index in [9.17, 15) is 9.59 Å². The van der Waals surface area contributed by atoms with Crippen molar-refractivity contribution in [1.29, 1.82) is 0 Å². The SMILES string of the molecule is CC1=CC=C(C(=O)CCCC(=O)N[C@@H](Cc2ccc3c(c2)OCCO3)CN2CCCC2)CC1. The van der Waals surface area contributed by atoms with Gasteiger partial charge in [-0.3, -0.25) is 9.59 Å². The predicted molar refractivity (Wildman–Crippen MR) is 129 cm³/mol. The first-order valence-corrected chi connectivity index (χ1v) is 12.4. The molecule has 6 nitrogen and oxygen atoms in total. The van der Waals surface area contributed by atoms with Gasteiger partial charge in [-0.15, -0.1) is 0 Å². The van der Waals surface area contributed by atoms with Gasteiger partial charge in [0.05, 0.1) is 0 Å². The number of amides is 1. The zero-order valence-corrected chi connectivity index (χ0v) is 19.7. The van der Waals surface area contributed by atoms with Crippen LogP contribution in [0.5, 0.6) is 11.5 Å². The molecule has 2 heterocycles. The van der Waals surface area contributed by atoms with Crippen molar-refractivity contribution in [2.75, 3.05) is 32.8 Å². The highest BCUT2D eigenvalue weighted by molar-refractivity contribution is 5.96. The van der Waals surface area contributed by atoms with Gasteiger partial charge < -0.3 is 19.7 Å². The molecule has 1 aliphatic carbocycles. The number of Topliss-reactive ketones (excluding diaryl/α,β-unsaturated/α-hetero) is 1. The maximum Gasteiger partial charge on any atom is 0.220 e. The lowest BCUT2D eigenvalue weighted by atomic mass is 9.94. The molecule has 33 heavy (non-hydrogen) atoms. The van der Waals surface area contributed by atoms with E-state index < -0.39 is 0 Å². The number of ketones is 1. The zero-order chi connectivity index (χ0) is 23.0. The van der Waals surface area contributed by atoms with Crippen LogP contribution in [0.3, 0.4) is 0 Å². The van der Waals surface area contributed by atoms with Gasteiger partial charge in [-0.1, -0.05) is 23.8 Å². The number of hydrogen-bond donors (Lipinski definition) is 1. The van der Waals surface area contributed by atoms with Crippen molar-refractivity contribution in [1.82, 2.24) is 10.2 Å². The van der Waals surface area contributed by atoms with Gasteiger partial charge in [0.25, 0.3) is 0 Å². The molecule has 4 rings (SSSR count). The van der Waals surface area contributed by atoms with Crippen LogP contribution in [-0.4, -0.2) is 55.5 Å². The fraction of sp³-hybridized carbons (Fsp3) is 0.556. The molecule has 3 aliphatic rings. The van der Waals surface area contributed by atoms with E-state index >= 15 is 0 Å². The number of fused-ring (bicyclic) bond motifs is 1. The summed E-state index contributed by atoms with van der Waals surface area (Å²) in [7, 11) is 0. The first kappa shape index (κ1) is 23.6. The number of likely N-dealkylation sites (tertiary alicyclic amines) is 1. The minimum atomic E-state index is 0.0258. The largest absolute Gasteiger partial charge is 0.486 e. The van der Waals surface area contributed by atoms with Crippen LogP contribution in [0.1, 0.15) is 57.4 Å². The second-order valence-corrected chi connectivity index (χ2v) is 9.44. The summed E-state index contributed by atoms with van der Waals surface area (Å²) in [6, 6.07) is 6.08. The van der Waals surface area contributed by atoms with Gasteiger partial charge in [0.1, 0.15) is 13.2 Å². The number of ether oxygens (including phenoxy) is 2. The number of nitrogens with one attached hydrogen (secondary N) is 1. The van der Waals surface area contributed by atoms with E-state index in [1.165, 1.54) is 18.4 Å². The van der Waals surface area contributed by atoms with Gasteiger partial charge in [-0.2, -0.15) is 0 Å². The van der Waals surface area contributed by atoms with Crippen LogP contribution < -0.4 is 14.8 Å². The van der Waals surface area contributed by atoms with E-state index in [1.807, 2.05) is 24.3 Å². The third kappa shape index (κ3) is 6.94. The van der Waals surface area contributed by atoms with Crippen molar-refractivity contribution < 1.29 is 19.1 Å². The minimum absolute atomic E-state index is 0.0258. The van der Waals surface area contributed by atoms with Gasteiger partial charge >= 0.3 is 0 Å². The molecule has 178 valence electrons. The molecule has 0 aromatic heterocycles. The number of carbonyl (C=O) groups excluding carboxylic acids is 2. The fourth-order valence-corrected chi connectivity index (χ4v) is 4.78. The maximum absolute atomic E-state index is 12.7. The van der Waals surface area contributed by atoms with E-state index in [1.54, 1.807) is 0 Å². The number of rotatable bonds is 10. The Hall–Kier alpha value is -2.60. The lowest BCUT2D eigenvalue weighted by Gasteiger charge is -2.25. The summed E-state index contributed by atoms with van der Waals surface area (Å²) in [6.07, 6.45) is 10.3. The third-order valence-corrected chi connectivity index (χ3v) is 6.65. The number of benzene rings is 1. The van der Waals surface area contributed by atoms with Crippen LogP contribution >= 0.6 is 0 Å². The van der Waals surface area contributed by atoms with Crippen molar-refractivity contribution >= 4 is 11.7 Å². The van der Waals surface area contributed by atoms with E-state index in [0.717, 1.165) is 61.5 Å². The minimum Gasteiger partial charge on any atom is -0.486 e. The molecule has 0 bridgehead atoms. The molecule has 0 spiro atoms. The molecule has 1 aromatic rings. The highest BCUT2D eigenvalue weighted by Gasteiger charge is 2.21. The molecule has 1 saturated heterocycles. The van der Waals surface area contributed by atoms with Crippen molar-refractivity contribution in [2.45, 2.75) is 64.3 Å². The van der Waals surface area contributed by atoms with Crippen molar-refractivity contribution in [3.8, 4) is 11.5 Å². The Morgan fingerprint density at radius 3 is 2.58 bits per heavy atom. The Balaban J connectivity index is 1.30. The Bertz CT molecular complexity index is 915. The van der Waals surface area contributed by atoms with E-state index in [0.29, 0.717) is 32.5 Å². The number of allylic oxidation sites excluding steroid dienone is 4. The first-order chi connectivity index (χ1) is 16.1. The van der Waals surface area contributed by atoms with Crippen LogP contribution in [0.25, 0.3) is 0 Å². The van der Waals surface area contributed by atoms with E-state index in [-0.39, 0.29) is 17.7 Å². The molecule has 0 unspecified atom stereocenters. The summed E-state index contributed by atoms with van der Waals surface area (Å²) in [5, 5.41) is 3.24. The molecule has 0 saturated carbocycles. The molecule has 6 heteroatoms. The van der Waals surface area contributed by atoms with Crippen LogP contribution in [0, 0.1) is 0 Å². The lowest BCUT2D eigenvalue weighted by molar-refractivity contribution is -0.122. The molecule has 1 aromatic carbocycles. The standard InChI is InChI=1S/C27H36N2O4/c1-20-7-10-22(11-8-20)24(30)5-4-6-27(31)28-23(19-29-13-2-3-14-29)17-21-9-12-25-26(18-21)33-16-15-32-25/h7,9-10,12,18,23H,2-6,8,11,13-17,19H2,1H3,(H,28,31)/t23-/m0/s1. The lowest BCUT2D eigenvalue weighted by Crippen LogP contribution is -2.44. The highest BCUT2D eigenvalue weighted by Crippen LogP contribution is 2.31. The van der Waals surface area contributed by atoms with Gasteiger partial charge in [0.2, 0.25) is 5.91 Å². The van der Waals surface area contributed by atoms with E-state index in [4.69, 9.17) is 9.47 Å². The monoisotopic (exact) mass is 452 g/mol. The Kier molecular flexibility index (Phi) is 8.21. The smallest absolute Gasteiger partial charge is 0.220 e. The summed E-state index contributed by atoms with van der Waals surface area (Å²) in [4.78, 5) is 27.6. The number of carbonyl (C=O) groups is 2. The molecule has 2 aliphatic heterocycles. The Labute approximate surface area is 197 Å². The molecule has 1 amide bonds. The van der Waals surface area contributed by atoms with Crippen LogP contribution in [0.2, 0.25) is 0 Å².